The van der Waals surface area contributed by atoms with Crippen LogP contribution in [0.3, 0.4) is 0 Å². The molecule has 5 N–H and O–H groups in total. The Morgan fingerprint density at radius 1 is 1.43 bits per heavy atom. The van der Waals surface area contributed by atoms with E-state index in [-0.39, 0.29) is 18.2 Å². The number of nitrogens with zero attached hydrogens (tertiary/aromatic N) is 3. The first kappa shape index (κ1) is 14.7. The predicted molar refractivity (Wildman–Crippen MR) is 75.4 cm³/mol. The van der Waals surface area contributed by atoms with Crippen LogP contribution in [0.2, 0.25) is 0 Å². The molecule has 0 spiro atoms. The van der Waals surface area contributed by atoms with Crippen molar-refractivity contribution >= 4 is 11.9 Å². The summed E-state index contributed by atoms with van der Waals surface area (Å²) in [6.07, 6.45) is 0.663. The zero-order chi connectivity index (χ0) is 15.4. The molecule has 0 bridgehead atoms. The van der Waals surface area contributed by atoms with Gasteiger partial charge in [0, 0.05) is 5.69 Å². The lowest BCUT2D eigenvalue weighted by Gasteiger charge is -2.06. The van der Waals surface area contributed by atoms with Crippen molar-refractivity contribution in [3.05, 3.63) is 33.8 Å². The third-order valence-corrected chi connectivity index (χ3v) is 2.63. The number of anilines is 1. The molecule has 0 saturated carbocycles. The van der Waals surface area contributed by atoms with Gasteiger partial charge in [0.05, 0.1) is 6.54 Å². The Balaban J connectivity index is 2.07. The molecule has 1 amide bonds. The Kier molecular flexibility index (Phi) is 4.31. The van der Waals surface area contributed by atoms with Gasteiger partial charge in [0.2, 0.25) is 5.95 Å². The van der Waals surface area contributed by atoms with Crippen LogP contribution in [0.15, 0.2) is 10.9 Å². The van der Waals surface area contributed by atoms with Gasteiger partial charge >= 0.3 is 5.69 Å². The third-order valence-electron chi connectivity index (χ3n) is 2.63. The summed E-state index contributed by atoms with van der Waals surface area (Å²) in [6.45, 7) is 4.16. The van der Waals surface area contributed by atoms with Crippen LogP contribution >= 0.6 is 0 Å². The van der Waals surface area contributed by atoms with Gasteiger partial charge in [-0.15, -0.1) is 5.10 Å². The van der Waals surface area contributed by atoms with E-state index < -0.39 is 11.6 Å². The van der Waals surface area contributed by atoms with E-state index in [9.17, 15) is 9.59 Å². The van der Waals surface area contributed by atoms with Crippen LogP contribution in [0, 0.1) is 5.92 Å². The number of nitrogens with two attached hydrogens (primary N) is 1. The quantitative estimate of drug-likeness (QED) is 0.590. The van der Waals surface area contributed by atoms with Gasteiger partial charge in [-0.3, -0.25) is 9.89 Å². The number of aromatic amines is 2. The monoisotopic (exact) mass is 291 g/mol. The average molecular weight is 291 g/mol. The van der Waals surface area contributed by atoms with E-state index in [1.54, 1.807) is 6.07 Å². The first-order valence-corrected chi connectivity index (χ1v) is 6.49. The molecule has 2 rings (SSSR count). The van der Waals surface area contributed by atoms with Gasteiger partial charge in [-0.05, 0) is 18.4 Å². The van der Waals surface area contributed by atoms with E-state index in [0.29, 0.717) is 23.9 Å². The normalized spacial score (nSPS) is 10.8. The Morgan fingerprint density at radius 2 is 2.19 bits per heavy atom. The summed E-state index contributed by atoms with van der Waals surface area (Å²) in [4.78, 5) is 33.6. The minimum absolute atomic E-state index is 0.0712. The summed E-state index contributed by atoms with van der Waals surface area (Å²) in [7, 11) is 0. The molecule has 0 aliphatic rings. The van der Waals surface area contributed by atoms with Crippen LogP contribution in [0.1, 0.15) is 35.9 Å². The molecule has 2 heterocycles. The summed E-state index contributed by atoms with van der Waals surface area (Å²) in [6, 6.07) is 1.57. The first-order chi connectivity index (χ1) is 9.94. The lowest BCUT2D eigenvalue weighted by molar-refractivity contribution is 0.0944. The highest BCUT2D eigenvalue weighted by atomic mass is 16.2. The second kappa shape index (κ2) is 6.16. The van der Waals surface area contributed by atoms with E-state index in [1.807, 2.05) is 13.8 Å². The summed E-state index contributed by atoms with van der Waals surface area (Å²) in [5.74, 6) is 0.429. The maximum absolute atomic E-state index is 12.0. The van der Waals surface area contributed by atoms with E-state index in [1.165, 1.54) is 0 Å². The number of amides is 1. The van der Waals surface area contributed by atoms with Gasteiger partial charge in [-0.1, -0.05) is 13.8 Å². The molecule has 0 unspecified atom stereocenters. The molecule has 0 aliphatic carbocycles. The number of nitrogen functional groups attached to an aromatic ring is 1. The standard InChI is InChI=1S/C12H17N7O2/c1-6(2)3-7-4-8(16-12(21)15-7)10(20)14-5-9-17-11(13)19-18-9/h4,6H,3,5H2,1-2H3,(H,14,20)(H,15,16,21)(H3,13,17,18,19). The van der Waals surface area contributed by atoms with Crippen molar-refractivity contribution in [2.24, 2.45) is 5.92 Å². The number of rotatable bonds is 5. The topological polar surface area (TPSA) is 142 Å². The zero-order valence-corrected chi connectivity index (χ0v) is 11.8. The summed E-state index contributed by atoms with van der Waals surface area (Å²) in [5.41, 5.74) is 5.57. The molecular formula is C12H17N7O2. The molecule has 2 aromatic rings. The highest BCUT2D eigenvalue weighted by molar-refractivity contribution is 5.92. The van der Waals surface area contributed by atoms with E-state index in [2.05, 4.69) is 30.5 Å². The molecule has 9 heteroatoms. The second-order valence-corrected chi connectivity index (χ2v) is 5.02. The molecule has 0 radical (unpaired) electrons. The highest BCUT2D eigenvalue weighted by Crippen LogP contribution is 2.04. The van der Waals surface area contributed by atoms with Gasteiger partial charge in [-0.25, -0.2) is 4.79 Å². The van der Waals surface area contributed by atoms with E-state index in [0.717, 1.165) is 0 Å². The number of H-pyrrole nitrogens is 2. The summed E-state index contributed by atoms with van der Waals surface area (Å²) < 4.78 is 0. The lowest BCUT2D eigenvalue weighted by Crippen LogP contribution is -2.28. The van der Waals surface area contributed by atoms with Gasteiger partial charge in [-0.2, -0.15) is 9.97 Å². The molecule has 9 nitrogen and oxygen atoms in total. The second-order valence-electron chi connectivity index (χ2n) is 5.02. The fraction of sp³-hybridized carbons (Fsp3) is 0.417. The number of aromatic nitrogens is 5. The van der Waals surface area contributed by atoms with Crippen molar-refractivity contribution in [1.29, 1.82) is 0 Å². The number of nitrogens with one attached hydrogen (secondary N) is 3. The van der Waals surface area contributed by atoms with Crippen molar-refractivity contribution in [3.63, 3.8) is 0 Å². The van der Waals surface area contributed by atoms with Crippen LogP contribution in [-0.2, 0) is 13.0 Å². The molecule has 0 aliphatic heterocycles. The molecule has 0 atom stereocenters. The zero-order valence-electron chi connectivity index (χ0n) is 11.8. The Labute approximate surface area is 120 Å². The molecule has 0 aromatic carbocycles. The Hall–Kier alpha value is -2.71. The van der Waals surface area contributed by atoms with Crippen molar-refractivity contribution in [2.45, 2.75) is 26.8 Å². The third kappa shape index (κ3) is 4.13. The fourth-order valence-electron chi connectivity index (χ4n) is 1.82. The minimum Gasteiger partial charge on any atom is -0.367 e. The van der Waals surface area contributed by atoms with Crippen molar-refractivity contribution in [1.82, 2.24) is 30.5 Å². The number of hydrogen-bond acceptors (Lipinski definition) is 6. The number of hydrogen-bond donors (Lipinski definition) is 4. The molecule has 2 aromatic heterocycles. The SMILES string of the molecule is CC(C)Cc1cc(C(=O)NCc2nc(N)n[nH]2)nc(=O)[nH]1. The van der Waals surface area contributed by atoms with Gasteiger partial charge in [0.15, 0.2) is 0 Å². The largest absolute Gasteiger partial charge is 0.367 e. The lowest BCUT2D eigenvalue weighted by atomic mass is 10.1. The molecule has 0 saturated heterocycles. The smallest absolute Gasteiger partial charge is 0.345 e. The fourth-order valence-corrected chi connectivity index (χ4v) is 1.82. The van der Waals surface area contributed by atoms with Crippen LogP contribution in [0.25, 0.3) is 0 Å². The van der Waals surface area contributed by atoms with Gasteiger partial charge in [0.25, 0.3) is 5.91 Å². The first-order valence-electron chi connectivity index (χ1n) is 6.49. The van der Waals surface area contributed by atoms with Crippen molar-refractivity contribution < 1.29 is 4.79 Å². The van der Waals surface area contributed by atoms with Gasteiger partial charge < -0.3 is 16.0 Å². The van der Waals surface area contributed by atoms with Crippen LogP contribution in [0.5, 0.6) is 0 Å². The number of carbonyl (C=O) groups excluding carboxylic acids is 1. The molecular weight excluding hydrogens is 274 g/mol. The van der Waals surface area contributed by atoms with Gasteiger partial charge in [0.1, 0.15) is 11.5 Å². The maximum Gasteiger partial charge on any atom is 0.345 e. The molecule has 112 valence electrons. The van der Waals surface area contributed by atoms with Crippen molar-refractivity contribution in [3.8, 4) is 0 Å². The minimum atomic E-state index is -0.540. The summed E-state index contributed by atoms with van der Waals surface area (Å²) in [5, 5.41) is 8.81. The molecule has 21 heavy (non-hydrogen) atoms. The van der Waals surface area contributed by atoms with Crippen LogP contribution in [-0.4, -0.2) is 31.1 Å². The van der Waals surface area contributed by atoms with Crippen LogP contribution in [0.4, 0.5) is 5.95 Å². The Morgan fingerprint density at radius 3 is 2.81 bits per heavy atom. The van der Waals surface area contributed by atoms with E-state index >= 15 is 0 Å². The predicted octanol–water partition coefficient (Wildman–Crippen LogP) is -0.401. The Bertz CT molecular complexity index is 689. The van der Waals surface area contributed by atoms with Crippen LogP contribution < -0.4 is 16.7 Å². The number of carbonyl (C=O) groups is 1. The highest BCUT2D eigenvalue weighted by Gasteiger charge is 2.11. The van der Waals surface area contributed by atoms with E-state index in [4.69, 9.17) is 5.73 Å². The maximum atomic E-state index is 12.0. The van der Waals surface area contributed by atoms with Crippen molar-refractivity contribution in [2.75, 3.05) is 5.73 Å². The molecule has 0 fully saturated rings. The summed E-state index contributed by atoms with van der Waals surface area (Å²) >= 11 is 0. The average Bonchev–Trinajstić information content (AvgIpc) is 2.80.